The maximum Gasteiger partial charge on any atom is 0.189 e. The number of para-hydroxylation sites is 1. The van der Waals surface area contributed by atoms with Crippen molar-refractivity contribution < 1.29 is 5.11 Å². The minimum atomic E-state index is 0.223. The summed E-state index contributed by atoms with van der Waals surface area (Å²) in [6.45, 7) is 3.50. The van der Waals surface area contributed by atoms with Crippen molar-refractivity contribution in [1.82, 2.24) is 4.98 Å². The Morgan fingerprint density at radius 3 is 2.58 bits per heavy atom. The van der Waals surface area contributed by atoms with Crippen molar-refractivity contribution in [3.05, 3.63) is 30.3 Å². The first-order chi connectivity index (χ1) is 5.86. The summed E-state index contributed by atoms with van der Waals surface area (Å²) in [5.41, 5.74) is 0.972. The third kappa shape index (κ3) is 1.38. The fourth-order valence-electron chi connectivity index (χ4n) is 1.06. The molecule has 0 aliphatic carbocycles. The molecule has 0 aliphatic rings. The van der Waals surface area contributed by atoms with E-state index >= 15 is 0 Å². The van der Waals surface area contributed by atoms with Crippen LogP contribution in [-0.4, -0.2) is 10.1 Å². The summed E-state index contributed by atoms with van der Waals surface area (Å²) < 4.78 is 0. The Kier molecular flexibility index (Phi) is 2.34. The highest BCUT2D eigenvalue weighted by atomic mass is 16.3. The molecule has 2 N–H and O–H groups in total. The number of hydrogen-bond donors (Lipinski definition) is 2. The van der Waals surface area contributed by atoms with Crippen molar-refractivity contribution in [1.29, 1.82) is 5.26 Å². The molecule has 0 saturated carbocycles. The first kappa shape index (κ1) is 8.15. The topological polar surface area (TPSA) is 59.8 Å². The van der Waals surface area contributed by atoms with Crippen molar-refractivity contribution in [2.75, 3.05) is 0 Å². The van der Waals surface area contributed by atoms with Gasteiger partial charge in [0.2, 0.25) is 0 Å². The zero-order chi connectivity index (χ0) is 8.97. The third-order valence-corrected chi connectivity index (χ3v) is 1.52. The van der Waals surface area contributed by atoms with E-state index in [9.17, 15) is 0 Å². The Balaban J connectivity index is 0.000000336. The number of nitriles is 1. The van der Waals surface area contributed by atoms with Gasteiger partial charge in [0, 0.05) is 23.5 Å². The molecule has 3 nitrogen and oxygen atoms in total. The van der Waals surface area contributed by atoms with Crippen LogP contribution >= 0.6 is 0 Å². The molecule has 0 saturated heterocycles. The number of aromatic nitrogens is 1. The minimum Gasteiger partial charge on any atom is -0.495 e. The summed E-state index contributed by atoms with van der Waals surface area (Å²) in [6, 6.07) is 9.45. The van der Waals surface area contributed by atoms with Crippen LogP contribution in [0, 0.1) is 11.8 Å². The molecule has 0 aliphatic heterocycles. The third-order valence-electron chi connectivity index (χ3n) is 1.52. The van der Waals surface area contributed by atoms with E-state index in [4.69, 9.17) is 10.4 Å². The molecule has 0 unspecified atom stereocenters. The van der Waals surface area contributed by atoms with E-state index in [0.717, 1.165) is 10.9 Å². The predicted octanol–water partition coefficient (Wildman–Crippen LogP) is 2.01. The SMILES string of the molecule is C#N.Oc1cc2ccccc2[nH]1. The van der Waals surface area contributed by atoms with Crippen LogP contribution in [0.1, 0.15) is 0 Å². The van der Waals surface area contributed by atoms with Gasteiger partial charge in [0.1, 0.15) is 0 Å². The zero-order valence-corrected chi connectivity index (χ0v) is 6.36. The molecule has 12 heavy (non-hydrogen) atoms. The zero-order valence-electron chi connectivity index (χ0n) is 6.36. The maximum atomic E-state index is 9.00. The van der Waals surface area contributed by atoms with Crippen LogP contribution in [0.2, 0.25) is 0 Å². The lowest BCUT2D eigenvalue weighted by Gasteiger charge is -1.83. The van der Waals surface area contributed by atoms with Crippen LogP contribution in [0.25, 0.3) is 10.9 Å². The second kappa shape index (κ2) is 3.44. The van der Waals surface area contributed by atoms with Gasteiger partial charge in [0.05, 0.1) is 0 Å². The molecular weight excluding hydrogens is 152 g/mol. The van der Waals surface area contributed by atoms with Crippen molar-refractivity contribution in [3.8, 4) is 12.5 Å². The molecule has 2 rings (SSSR count). The molecule has 2 aromatic rings. The molecule has 1 heterocycles. The number of aromatic amines is 1. The number of nitrogens with zero attached hydrogens (tertiary/aromatic N) is 1. The average molecular weight is 160 g/mol. The van der Waals surface area contributed by atoms with Crippen molar-refractivity contribution >= 4 is 10.9 Å². The van der Waals surface area contributed by atoms with Crippen molar-refractivity contribution in [3.63, 3.8) is 0 Å². The molecule has 1 aromatic carbocycles. The Morgan fingerprint density at radius 1 is 1.25 bits per heavy atom. The normalized spacial score (nSPS) is 8.83. The molecule has 1 aromatic heterocycles. The molecule has 0 spiro atoms. The number of nitrogens with one attached hydrogen (secondary N) is 1. The van der Waals surface area contributed by atoms with Gasteiger partial charge < -0.3 is 10.1 Å². The maximum absolute atomic E-state index is 9.00. The van der Waals surface area contributed by atoms with Crippen LogP contribution < -0.4 is 0 Å². The Bertz CT molecular complexity index is 356. The Hall–Kier alpha value is -1.95. The molecule has 0 bridgehead atoms. The van der Waals surface area contributed by atoms with Gasteiger partial charge in [-0.3, -0.25) is 0 Å². The van der Waals surface area contributed by atoms with Crippen LogP contribution in [0.15, 0.2) is 30.3 Å². The lowest BCUT2D eigenvalue weighted by atomic mass is 10.3. The van der Waals surface area contributed by atoms with Crippen molar-refractivity contribution in [2.24, 2.45) is 0 Å². The molecule has 60 valence electrons. The summed E-state index contributed by atoms with van der Waals surface area (Å²) in [6.07, 6.45) is 0. The van der Waals surface area contributed by atoms with Gasteiger partial charge in [0.25, 0.3) is 0 Å². The van der Waals surface area contributed by atoms with E-state index in [0.29, 0.717) is 0 Å². The minimum absolute atomic E-state index is 0.223. The standard InChI is InChI=1S/C8H7NO.CHN/c10-8-5-6-3-1-2-4-7(6)9-8;1-2/h1-5,9-10H;1H. The second-order valence-electron chi connectivity index (χ2n) is 2.24. The number of aromatic hydroxyl groups is 1. The van der Waals surface area contributed by atoms with Gasteiger partial charge in [0.15, 0.2) is 5.88 Å². The van der Waals surface area contributed by atoms with Gasteiger partial charge in [-0.25, -0.2) is 5.26 Å². The number of H-pyrrole nitrogens is 1. The van der Waals surface area contributed by atoms with Gasteiger partial charge >= 0.3 is 0 Å². The number of hydrogen-bond acceptors (Lipinski definition) is 2. The largest absolute Gasteiger partial charge is 0.495 e. The van der Waals surface area contributed by atoms with E-state index in [2.05, 4.69) is 11.6 Å². The van der Waals surface area contributed by atoms with Gasteiger partial charge in [-0.15, -0.1) is 0 Å². The predicted molar refractivity (Wildman–Crippen MR) is 46.6 cm³/mol. The van der Waals surface area contributed by atoms with Crippen LogP contribution in [-0.2, 0) is 0 Å². The quantitative estimate of drug-likeness (QED) is 0.619. The smallest absolute Gasteiger partial charge is 0.189 e. The first-order valence-electron chi connectivity index (χ1n) is 3.39. The second-order valence-corrected chi connectivity index (χ2v) is 2.24. The lowest BCUT2D eigenvalue weighted by Crippen LogP contribution is -1.62. The summed E-state index contributed by atoms with van der Waals surface area (Å²) in [5.74, 6) is 0.223. The fourth-order valence-corrected chi connectivity index (χ4v) is 1.06. The van der Waals surface area contributed by atoms with Gasteiger partial charge in [-0.1, -0.05) is 18.2 Å². The summed E-state index contributed by atoms with van der Waals surface area (Å²) in [4.78, 5) is 2.81. The highest BCUT2D eigenvalue weighted by molar-refractivity contribution is 5.80. The van der Waals surface area contributed by atoms with Crippen molar-refractivity contribution in [2.45, 2.75) is 0 Å². The van der Waals surface area contributed by atoms with E-state index in [1.807, 2.05) is 24.3 Å². The van der Waals surface area contributed by atoms with Crippen LogP contribution in [0.5, 0.6) is 5.88 Å². The van der Waals surface area contributed by atoms with Crippen LogP contribution in [0.4, 0.5) is 0 Å². The van der Waals surface area contributed by atoms with E-state index in [1.54, 1.807) is 6.07 Å². The molecular formula is C9H8N2O. The summed E-state index contributed by atoms with van der Waals surface area (Å²) in [7, 11) is 0. The summed E-state index contributed by atoms with van der Waals surface area (Å²) >= 11 is 0. The van der Waals surface area contributed by atoms with E-state index < -0.39 is 0 Å². The van der Waals surface area contributed by atoms with E-state index in [-0.39, 0.29) is 5.88 Å². The molecule has 0 amide bonds. The molecule has 0 radical (unpaired) electrons. The monoisotopic (exact) mass is 160 g/mol. The van der Waals surface area contributed by atoms with E-state index in [1.165, 1.54) is 0 Å². The molecule has 0 atom stereocenters. The fraction of sp³-hybridized carbons (Fsp3) is 0. The number of benzene rings is 1. The summed E-state index contributed by atoms with van der Waals surface area (Å²) in [5, 5.41) is 16.5. The van der Waals surface area contributed by atoms with Crippen LogP contribution in [0.3, 0.4) is 0 Å². The highest BCUT2D eigenvalue weighted by Crippen LogP contribution is 2.17. The Labute approximate surface area is 69.9 Å². The van der Waals surface area contributed by atoms with Gasteiger partial charge in [-0.05, 0) is 6.07 Å². The first-order valence-corrected chi connectivity index (χ1v) is 3.39. The number of rotatable bonds is 0. The lowest BCUT2D eigenvalue weighted by molar-refractivity contribution is 0.458. The highest BCUT2D eigenvalue weighted by Gasteiger charge is 1.94. The average Bonchev–Trinajstić information content (AvgIpc) is 2.48. The Morgan fingerprint density at radius 2 is 1.92 bits per heavy atom. The number of fused-ring (bicyclic) bond motifs is 1. The molecule has 0 fully saturated rings. The molecule has 3 heteroatoms. The van der Waals surface area contributed by atoms with Gasteiger partial charge in [-0.2, -0.15) is 0 Å².